The third-order valence-corrected chi connectivity index (χ3v) is 2.32. The molecule has 0 aliphatic heterocycles. The molecule has 5 nitrogen and oxygen atoms in total. The molecule has 1 aromatic rings. The maximum Gasteiger partial charge on any atom is 0.339 e. The van der Waals surface area contributed by atoms with Gasteiger partial charge in [0.25, 0.3) is 0 Å². The van der Waals surface area contributed by atoms with Crippen molar-refractivity contribution in [3.05, 3.63) is 29.6 Å². The SMILES string of the molecule is C#CCC(N)C(=O)Nc1cc(F)ccc1C(=O)OC. The van der Waals surface area contributed by atoms with E-state index in [1.165, 1.54) is 13.2 Å². The minimum Gasteiger partial charge on any atom is -0.465 e. The maximum absolute atomic E-state index is 13.1. The van der Waals surface area contributed by atoms with Gasteiger partial charge in [-0.3, -0.25) is 4.79 Å². The molecule has 100 valence electrons. The Balaban J connectivity index is 2.99. The van der Waals surface area contributed by atoms with E-state index < -0.39 is 23.7 Å². The van der Waals surface area contributed by atoms with Crippen LogP contribution in [0.4, 0.5) is 10.1 Å². The second-order valence-corrected chi connectivity index (χ2v) is 3.69. The van der Waals surface area contributed by atoms with E-state index >= 15 is 0 Å². The molecule has 0 heterocycles. The minimum atomic E-state index is -0.932. The molecule has 1 aromatic carbocycles. The summed E-state index contributed by atoms with van der Waals surface area (Å²) in [6.07, 6.45) is 5.08. The lowest BCUT2D eigenvalue weighted by Gasteiger charge is -2.12. The molecule has 0 aromatic heterocycles. The Morgan fingerprint density at radius 3 is 2.84 bits per heavy atom. The molecule has 3 N–H and O–H groups in total. The molecule has 0 saturated carbocycles. The number of anilines is 1. The number of esters is 1. The molecule has 0 bridgehead atoms. The van der Waals surface area contributed by atoms with Gasteiger partial charge in [-0.15, -0.1) is 12.3 Å². The molecule has 0 fully saturated rings. The summed E-state index contributed by atoms with van der Waals surface area (Å²) in [6.45, 7) is 0. The zero-order valence-corrected chi connectivity index (χ0v) is 10.3. The smallest absolute Gasteiger partial charge is 0.339 e. The number of ether oxygens (including phenoxy) is 1. The first-order valence-electron chi connectivity index (χ1n) is 5.37. The average molecular weight is 264 g/mol. The van der Waals surface area contributed by atoms with Crippen LogP contribution >= 0.6 is 0 Å². The Bertz CT molecular complexity index is 537. The van der Waals surface area contributed by atoms with Crippen LogP contribution in [0.5, 0.6) is 0 Å². The van der Waals surface area contributed by atoms with Crippen LogP contribution in [0.1, 0.15) is 16.8 Å². The number of terminal acetylenes is 1. The molecule has 0 radical (unpaired) electrons. The van der Waals surface area contributed by atoms with Crippen LogP contribution < -0.4 is 11.1 Å². The monoisotopic (exact) mass is 264 g/mol. The average Bonchev–Trinajstić information content (AvgIpc) is 2.38. The highest BCUT2D eigenvalue weighted by Gasteiger charge is 2.18. The topological polar surface area (TPSA) is 81.4 Å². The summed E-state index contributed by atoms with van der Waals surface area (Å²) in [6, 6.07) is 2.37. The van der Waals surface area contributed by atoms with Crippen LogP contribution in [0.3, 0.4) is 0 Å². The van der Waals surface area contributed by atoms with Crippen LogP contribution in [0.25, 0.3) is 0 Å². The number of carbonyl (C=O) groups is 2. The Labute approximate surface area is 109 Å². The molecule has 0 saturated heterocycles. The van der Waals surface area contributed by atoms with E-state index in [0.717, 1.165) is 12.1 Å². The van der Waals surface area contributed by atoms with Crippen molar-refractivity contribution in [2.45, 2.75) is 12.5 Å². The summed E-state index contributed by atoms with van der Waals surface area (Å²) in [5.74, 6) is 0.343. The lowest BCUT2D eigenvalue weighted by molar-refractivity contribution is -0.117. The highest BCUT2D eigenvalue weighted by atomic mass is 19.1. The summed E-state index contributed by atoms with van der Waals surface area (Å²) in [4.78, 5) is 23.1. The van der Waals surface area contributed by atoms with E-state index in [4.69, 9.17) is 12.2 Å². The van der Waals surface area contributed by atoms with Gasteiger partial charge in [0.05, 0.1) is 24.4 Å². The summed E-state index contributed by atoms with van der Waals surface area (Å²) in [5, 5.41) is 2.35. The van der Waals surface area contributed by atoms with Crippen LogP contribution in [-0.4, -0.2) is 25.0 Å². The summed E-state index contributed by atoms with van der Waals surface area (Å²) in [7, 11) is 1.18. The molecule has 0 aliphatic rings. The first kappa shape index (κ1) is 14.7. The van der Waals surface area contributed by atoms with Crippen molar-refractivity contribution in [1.29, 1.82) is 0 Å². The molecule has 1 rings (SSSR count). The molecular formula is C13H13FN2O3. The summed E-state index contributed by atoms with van der Waals surface area (Å²) in [5.41, 5.74) is 5.53. The summed E-state index contributed by atoms with van der Waals surface area (Å²) < 4.78 is 17.7. The zero-order valence-electron chi connectivity index (χ0n) is 10.3. The van der Waals surface area contributed by atoms with Crippen LogP contribution in [0, 0.1) is 18.2 Å². The summed E-state index contributed by atoms with van der Waals surface area (Å²) >= 11 is 0. The van der Waals surface area contributed by atoms with Gasteiger partial charge in [-0.2, -0.15) is 0 Å². The molecular weight excluding hydrogens is 251 g/mol. The van der Waals surface area contributed by atoms with E-state index in [-0.39, 0.29) is 17.7 Å². The van der Waals surface area contributed by atoms with Crippen molar-refractivity contribution in [3.8, 4) is 12.3 Å². The number of nitrogens with two attached hydrogens (primary N) is 1. The molecule has 19 heavy (non-hydrogen) atoms. The lowest BCUT2D eigenvalue weighted by Crippen LogP contribution is -2.35. The number of amides is 1. The Morgan fingerprint density at radius 2 is 2.26 bits per heavy atom. The first-order chi connectivity index (χ1) is 8.99. The van der Waals surface area contributed by atoms with E-state index in [0.29, 0.717) is 0 Å². The molecule has 1 unspecified atom stereocenters. The molecule has 1 amide bonds. The van der Waals surface area contributed by atoms with E-state index in [1.807, 2.05) is 0 Å². The third kappa shape index (κ3) is 3.79. The van der Waals surface area contributed by atoms with E-state index in [1.54, 1.807) is 0 Å². The number of hydrogen-bond acceptors (Lipinski definition) is 4. The van der Waals surface area contributed by atoms with Gasteiger partial charge in [-0.25, -0.2) is 9.18 Å². The van der Waals surface area contributed by atoms with Gasteiger partial charge in [0.15, 0.2) is 0 Å². The standard InChI is InChI=1S/C13H13FN2O3/c1-3-4-10(15)12(17)16-11-7-8(14)5-6-9(11)13(18)19-2/h1,5-7,10H,4,15H2,2H3,(H,16,17). The van der Waals surface area contributed by atoms with Crippen molar-refractivity contribution in [3.63, 3.8) is 0 Å². The predicted molar refractivity (Wildman–Crippen MR) is 67.8 cm³/mol. The highest BCUT2D eigenvalue weighted by molar-refractivity contribution is 6.02. The number of carbonyl (C=O) groups excluding carboxylic acids is 2. The van der Waals surface area contributed by atoms with Crippen LogP contribution in [-0.2, 0) is 9.53 Å². The zero-order chi connectivity index (χ0) is 14.4. The van der Waals surface area contributed by atoms with Gasteiger partial charge in [-0.05, 0) is 18.2 Å². The normalized spacial score (nSPS) is 11.3. The maximum atomic E-state index is 13.1. The van der Waals surface area contributed by atoms with E-state index in [9.17, 15) is 14.0 Å². The number of rotatable bonds is 4. The molecule has 1 atom stereocenters. The Hall–Kier alpha value is -2.39. The third-order valence-electron chi connectivity index (χ3n) is 2.32. The van der Waals surface area contributed by atoms with Gasteiger partial charge in [0.2, 0.25) is 5.91 Å². The molecule has 6 heteroatoms. The minimum absolute atomic E-state index is 0.00989. The second-order valence-electron chi connectivity index (χ2n) is 3.69. The largest absolute Gasteiger partial charge is 0.465 e. The number of hydrogen-bond donors (Lipinski definition) is 2. The predicted octanol–water partition coefficient (Wildman–Crippen LogP) is 0.901. The highest BCUT2D eigenvalue weighted by Crippen LogP contribution is 2.18. The fourth-order valence-corrected chi connectivity index (χ4v) is 1.35. The van der Waals surface area contributed by atoms with Gasteiger partial charge in [-0.1, -0.05) is 0 Å². The number of benzene rings is 1. The van der Waals surface area contributed by atoms with E-state index in [2.05, 4.69) is 16.0 Å². The Kier molecular flexibility index (Phi) is 5.03. The van der Waals surface area contributed by atoms with Gasteiger partial charge in [0.1, 0.15) is 5.82 Å². The Morgan fingerprint density at radius 1 is 1.58 bits per heavy atom. The first-order valence-corrected chi connectivity index (χ1v) is 5.37. The number of nitrogens with one attached hydrogen (secondary N) is 1. The van der Waals surface area contributed by atoms with Gasteiger partial charge >= 0.3 is 5.97 Å². The van der Waals surface area contributed by atoms with Gasteiger partial charge < -0.3 is 15.8 Å². The van der Waals surface area contributed by atoms with Crippen molar-refractivity contribution < 1.29 is 18.7 Å². The van der Waals surface area contributed by atoms with Crippen LogP contribution in [0.15, 0.2) is 18.2 Å². The van der Waals surface area contributed by atoms with Crippen molar-refractivity contribution in [1.82, 2.24) is 0 Å². The lowest BCUT2D eigenvalue weighted by atomic mass is 10.1. The van der Waals surface area contributed by atoms with Gasteiger partial charge in [0, 0.05) is 6.42 Å². The quantitative estimate of drug-likeness (QED) is 0.625. The fraction of sp³-hybridized carbons (Fsp3) is 0.231. The molecule has 0 spiro atoms. The number of methoxy groups -OCH3 is 1. The van der Waals surface area contributed by atoms with Crippen molar-refractivity contribution in [2.24, 2.45) is 5.73 Å². The fourth-order valence-electron chi connectivity index (χ4n) is 1.35. The number of halogens is 1. The van der Waals surface area contributed by atoms with Crippen molar-refractivity contribution >= 4 is 17.6 Å². The van der Waals surface area contributed by atoms with Crippen LogP contribution in [0.2, 0.25) is 0 Å². The second kappa shape index (κ2) is 6.52. The van der Waals surface area contributed by atoms with Crippen molar-refractivity contribution in [2.75, 3.05) is 12.4 Å². The molecule has 0 aliphatic carbocycles.